The summed E-state index contributed by atoms with van der Waals surface area (Å²) in [6, 6.07) is 6.77. The standard InChI is InChI=1S/C12H9N3O4/c16-11(8-14-7-1-6-13-12(14)17)9-2-4-10(5-3-9)15(18)19/h1-7H,8H2. The maximum absolute atomic E-state index is 11.9. The van der Waals surface area contributed by atoms with E-state index in [1.54, 1.807) is 6.07 Å². The Kier molecular flexibility index (Phi) is 3.46. The van der Waals surface area contributed by atoms with Crippen molar-refractivity contribution in [1.29, 1.82) is 0 Å². The first-order valence-electron chi connectivity index (χ1n) is 5.37. The van der Waals surface area contributed by atoms with E-state index in [1.807, 2.05) is 0 Å². The summed E-state index contributed by atoms with van der Waals surface area (Å²) < 4.78 is 1.17. The third-order valence-electron chi connectivity index (χ3n) is 2.50. The van der Waals surface area contributed by atoms with Crippen molar-refractivity contribution in [1.82, 2.24) is 9.55 Å². The lowest BCUT2D eigenvalue weighted by Gasteiger charge is -2.03. The number of nitro benzene ring substituents is 1. The van der Waals surface area contributed by atoms with Crippen molar-refractivity contribution < 1.29 is 9.72 Å². The lowest BCUT2D eigenvalue weighted by atomic mass is 10.1. The molecule has 7 heteroatoms. The fourth-order valence-corrected chi connectivity index (χ4v) is 1.52. The van der Waals surface area contributed by atoms with E-state index in [2.05, 4.69) is 4.98 Å². The van der Waals surface area contributed by atoms with Gasteiger partial charge in [0, 0.05) is 30.1 Å². The summed E-state index contributed by atoms with van der Waals surface area (Å²) in [5, 5.41) is 10.5. The number of aromatic nitrogens is 2. The van der Waals surface area contributed by atoms with E-state index >= 15 is 0 Å². The molecule has 0 saturated carbocycles. The second-order valence-corrected chi connectivity index (χ2v) is 3.76. The molecule has 0 spiro atoms. The SMILES string of the molecule is O=C(Cn1cccnc1=O)c1ccc([N+](=O)[O-])cc1. The highest BCUT2D eigenvalue weighted by Gasteiger charge is 2.10. The molecule has 0 amide bonds. The maximum Gasteiger partial charge on any atom is 0.347 e. The number of nitro groups is 1. The average Bonchev–Trinajstić information content (AvgIpc) is 2.41. The van der Waals surface area contributed by atoms with Crippen LogP contribution in [0.1, 0.15) is 10.4 Å². The highest BCUT2D eigenvalue weighted by molar-refractivity contribution is 5.96. The monoisotopic (exact) mass is 259 g/mol. The second-order valence-electron chi connectivity index (χ2n) is 3.76. The van der Waals surface area contributed by atoms with Gasteiger partial charge in [-0.3, -0.25) is 19.5 Å². The molecule has 0 aliphatic heterocycles. The van der Waals surface area contributed by atoms with Crippen LogP contribution in [0.5, 0.6) is 0 Å². The van der Waals surface area contributed by atoms with Crippen LogP contribution < -0.4 is 5.69 Å². The zero-order valence-electron chi connectivity index (χ0n) is 9.72. The molecule has 1 aromatic heterocycles. The van der Waals surface area contributed by atoms with Crippen LogP contribution in [-0.2, 0) is 6.54 Å². The molecule has 0 aliphatic carbocycles. The minimum absolute atomic E-state index is 0.0879. The van der Waals surface area contributed by atoms with E-state index in [9.17, 15) is 19.7 Å². The number of non-ortho nitro benzene ring substituents is 1. The number of benzene rings is 1. The van der Waals surface area contributed by atoms with E-state index in [-0.39, 0.29) is 18.0 Å². The van der Waals surface area contributed by atoms with Gasteiger partial charge in [-0.1, -0.05) is 0 Å². The van der Waals surface area contributed by atoms with Crippen LogP contribution >= 0.6 is 0 Å². The van der Waals surface area contributed by atoms with E-state index in [0.29, 0.717) is 5.56 Å². The number of ketones is 1. The van der Waals surface area contributed by atoms with E-state index in [1.165, 1.54) is 41.2 Å². The van der Waals surface area contributed by atoms with Gasteiger partial charge in [0.1, 0.15) is 0 Å². The molecule has 96 valence electrons. The molecule has 0 unspecified atom stereocenters. The highest BCUT2D eigenvalue weighted by Crippen LogP contribution is 2.12. The van der Waals surface area contributed by atoms with Gasteiger partial charge in [0.25, 0.3) is 5.69 Å². The van der Waals surface area contributed by atoms with E-state index in [0.717, 1.165) is 0 Å². The van der Waals surface area contributed by atoms with Crippen LogP contribution in [0.2, 0.25) is 0 Å². The number of rotatable bonds is 4. The molecule has 0 aliphatic rings. The summed E-state index contributed by atoms with van der Waals surface area (Å²) in [6.07, 6.45) is 2.80. The van der Waals surface area contributed by atoms with Crippen molar-refractivity contribution in [3.05, 3.63) is 68.9 Å². The summed E-state index contributed by atoms with van der Waals surface area (Å²) >= 11 is 0. The number of nitrogens with zero attached hydrogens (tertiary/aromatic N) is 3. The third kappa shape index (κ3) is 2.89. The van der Waals surface area contributed by atoms with Gasteiger partial charge in [0.05, 0.1) is 11.5 Å². The first-order valence-corrected chi connectivity index (χ1v) is 5.37. The Hall–Kier alpha value is -2.83. The second kappa shape index (κ2) is 5.21. The molecule has 7 nitrogen and oxygen atoms in total. The van der Waals surface area contributed by atoms with Crippen LogP contribution in [0, 0.1) is 10.1 Å². The minimum atomic E-state index is -0.542. The number of hydrogen-bond donors (Lipinski definition) is 0. The fourth-order valence-electron chi connectivity index (χ4n) is 1.52. The molecular formula is C12H9N3O4. The molecule has 0 bridgehead atoms. The predicted molar refractivity (Wildman–Crippen MR) is 65.9 cm³/mol. The van der Waals surface area contributed by atoms with Crippen molar-refractivity contribution in [2.75, 3.05) is 0 Å². The molecule has 1 heterocycles. The molecule has 2 rings (SSSR count). The van der Waals surface area contributed by atoms with Crippen molar-refractivity contribution in [2.24, 2.45) is 0 Å². The Bertz CT molecular complexity index is 676. The minimum Gasteiger partial charge on any atom is -0.292 e. The average molecular weight is 259 g/mol. The molecule has 0 radical (unpaired) electrons. The number of Topliss-reactive ketones (excluding diaryl/α,β-unsaturated/α-hetero) is 1. The topological polar surface area (TPSA) is 95.1 Å². The summed E-state index contributed by atoms with van der Waals surface area (Å²) in [6.45, 7) is -0.148. The first-order chi connectivity index (χ1) is 9.08. The molecular weight excluding hydrogens is 250 g/mol. The summed E-state index contributed by atoms with van der Waals surface area (Å²) in [7, 11) is 0. The summed E-state index contributed by atoms with van der Waals surface area (Å²) in [5.41, 5.74) is -0.297. The van der Waals surface area contributed by atoms with Crippen LogP contribution in [-0.4, -0.2) is 20.3 Å². The summed E-state index contributed by atoms with van der Waals surface area (Å²) in [5.74, 6) is -0.315. The Morgan fingerprint density at radius 1 is 1.32 bits per heavy atom. The number of carbonyl (C=O) groups is 1. The Balaban J connectivity index is 2.19. The lowest BCUT2D eigenvalue weighted by Crippen LogP contribution is -2.25. The largest absolute Gasteiger partial charge is 0.347 e. The van der Waals surface area contributed by atoms with Gasteiger partial charge in [-0.2, -0.15) is 0 Å². The quantitative estimate of drug-likeness (QED) is 0.464. The zero-order chi connectivity index (χ0) is 13.8. The lowest BCUT2D eigenvalue weighted by molar-refractivity contribution is -0.384. The summed E-state index contributed by atoms with van der Waals surface area (Å²) in [4.78, 5) is 36.7. The van der Waals surface area contributed by atoms with Crippen LogP contribution in [0.4, 0.5) is 5.69 Å². The molecule has 1 aromatic carbocycles. The molecule has 19 heavy (non-hydrogen) atoms. The van der Waals surface area contributed by atoms with Crippen molar-refractivity contribution in [3.63, 3.8) is 0 Å². The predicted octanol–water partition coefficient (Wildman–Crippen LogP) is 1.03. The molecule has 0 fully saturated rings. The van der Waals surface area contributed by atoms with E-state index in [4.69, 9.17) is 0 Å². The highest BCUT2D eigenvalue weighted by atomic mass is 16.6. The van der Waals surface area contributed by atoms with Gasteiger partial charge in [0.15, 0.2) is 5.78 Å². The smallest absolute Gasteiger partial charge is 0.292 e. The number of carbonyl (C=O) groups excluding carboxylic acids is 1. The third-order valence-corrected chi connectivity index (χ3v) is 2.50. The molecule has 0 saturated heterocycles. The Morgan fingerprint density at radius 2 is 2.00 bits per heavy atom. The van der Waals surface area contributed by atoms with Gasteiger partial charge >= 0.3 is 5.69 Å². The zero-order valence-corrected chi connectivity index (χ0v) is 9.72. The Morgan fingerprint density at radius 3 is 2.58 bits per heavy atom. The molecule has 0 atom stereocenters. The molecule has 0 N–H and O–H groups in total. The molecule has 2 aromatic rings. The van der Waals surface area contributed by atoms with Crippen LogP contribution in [0.15, 0.2) is 47.5 Å². The van der Waals surface area contributed by atoms with Crippen LogP contribution in [0.25, 0.3) is 0 Å². The van der Waals surface area contributed by atoms with Crippen LogP contribution in [0.3, 0.4) is 0 Å². The number of hydrogen-bond acceptors (Lipinski definition) is 5. The van der Waals surface area contributed by atoms with Gasteiger partial charge in [-0.15, -0.1) is 0 Å². The Labute approximate surface area is 107 Å². The van der Waals surface area contributed by atoms with Crippen molar-refractivity contribution in [2.45, 2.75) is 6.54 Å². The fraction of sp³-hybridized carbons (Fsp3) is 0.0833. The van der Waals surface area contributed by atoms with Gasteiger partial charge in [0.2, 0.25) is 0 Å². The van der Waals surface area contributed by atoms with E-state index < -0.39 is 10.6 Å². The maximum atomic E-state index is 11.9. The first kappa shape index (κ1) is 12.6. The van der Waals surface area contributed by atoms with Gasteiger partial charge in [-0.25, -0.2) is 9.78 Å². The van der Waals surface area contributed by atoms with Crippen molar-refractivity contribution >= 4 is 11.5 Å². The normalized spacial score (nSPS) is 10.1. The van der Waals surface area contributed by atoms with Crippen molar-refractivity contribution in [3.8, 4) is 0 Å². The van der Waals surface area contributed by atoms with Gasteiger partial charge in [-0.05, 0) is 18.2 Å². The van der Waals surface area contributed by atoms with Gasteiger partial charge < -0.3 is 0 Å².